The highest BCUT2D eigenvalue weighted by Gasteiger charge is 2.53. The summed E-state index contributed by atoms with van der Waals surface area (Å²) in [5.41, 5.74) is 0.120. The zero-order valence-corrected chi connectivity index (χ0v) is 17.6. The molecule has 0 amide bonds. The molecule has 0 atom stereocenters. The van der Waals surface area contributed by atoms with Crippen LogP contribution in [0.25, 0.3) is 0 Å². The smallest absolute Gasteiger partial charge is 0.148 e. The van der Waals surface area contributed by atoms with Gasteiger partial charge in [-0.1, -0.05) is 13.8 Å². The fourth-order valence-electron chi connectivity index (χ4n) is 6.16. The molecule has 1 saturated carbocycles. The van der Waals surface area contributed by atoms with Gasteiger partial charge >= 0.3 is 0 Å². The first-order chi connectivity index (χ1) is 12.2. The van der Waals surface area contributed by atoms with Gasteiger partial charge in [-0.25, -0.2) is 4.39 Å². The Bertz CT molecular complexity index is 492. The zero-order valence-electron chi connectivity index (χ0n) is 17.6. The number of hydrogen-bond acceptors (Lipinski definition) is 3. The van der Waals surface area contributed by atoms with Gasteiger partial charge in [0.1, 0.15) is 5.67 Å². The third-order valence-electron chi connectivity index (χ3n) is 7.59. The highest BCUT2D eigenvalue weighted by atomic mass is 19.1. The molecule has 26 heavy (non-hydrogen) atoms. The first-order valence-electron chi connectivity index (χ1n) is 11.1. The second kappa shape index (κ2) is 6.70. The summed E-state index contributed by atoms with van der Waals surface area (Å²) in [6.45, 7) is 17.2. The van der Waals surface area contributed by atoms with Crippen LogP contribution in [0.1, 0.15) is 59.8 Å². The first kappa shape index (κ1) is 19.1. The first-order valence-corrected chi connectivity index (χ1v) is 11.1. The van der Waals surface area contributed by atoms with E-state index in [0.717, 1.165) is 25.6 Å². The van der Waals surface area contributed by atoms with E-state index in [9.17, 15) is 0 Å². The van der Waals surface area contributed by atoms with Gasteiger partial charge in [0.2, 0.25) is 0 Å². The summed E-state index contributed by atoms with van der Waals surface area (Å²) in [6.07, 6.45) is 6.67. The minimum atomic E-state index is -0.936. The molecule has 4 fully saturated rings. The Hall–Kier alpha value is -0.190. The van der Waals surface area contributed by atoms with Crippen molar-refractivity contribution in [2.75, 3.05) is 52.4 Å². The average molecular weight is 366 g/mol. The lowest BCUT2D eigenvalue weighted by Crippen LogP contribution is -2.69. The molecular weight excluding hydrogens is 325 g/mol. The van der Waals surface area contributed by atoms with Gasteiger partial charge < -0.3 is 4.90 Å². The monoisotopic (exact) mass is 365 g/mol. The SMILES string of the molecule is CC(C)CC1(CN2CC(F)(CN3CC4(CCN(C(C)C)CC4)C3)C2)CC1. The maximum Gasteiger partial charge on any atom is 0.148 e. The topological polar surface area (TPSA) is 9.72 Å². The van der Waals surface area contributed by atoms with Crippen molar-refractivity contribution in [1.29, 1.82) is 0 Å². The van der Waals surface area contributed by atoms with Gasteiger partial charge in [0, 0.05) is 45.3 Å². The molecule has 0 unspecified atom stereocenters. The fourth-order valence-corrected chi connectivity index (χ4v) is 6.16. The van der Waals surface area contributed by atoms with E-state index in [1.54, 1.807) is 0 Å². The predicted octanol–water partition coefficient (Wildman–Crippen LogP) is 3.64. The summed E-state index contributed by atoms with van der Waals surface area (Å²) in [5.74, 6) is 0.772. The van der Waals surface area contributed by atoms with E-state index >= 15 is 4.39 Å². The summed E-state index contributed by atoms with van der Waals surface area (Å²) in [7, 11) is 0. The van der Waals surface area contributed by atoms with E-state index in [4.69, 9.17) is 0 Å². The Kier molecular flexibility index (Phi) is 4.93. The Labute approximate surface area is 160 Å². The lowest BCUT2D eigenvalue weighted by atomic mass is 9.71. The minimum absolute atomic E-state index is 0.514. The Morgan fingerprint density at radius 1 is 0.808 bits per heavy atom. The molecule has 0 aromatic carbocycles. The number of likely N-dealkylation sites (tertiary alicyclic amines) is 3. The summed E-state index contributed by atoms with van der Waals surface area (Å²) < 4.78 is 15.1. The molecule has 3 aliphatic heterocycles. The highest BCUT2D eigenvalue weighted by molar-refractivity contribution is 5.07. The fraction of sp³-hybridized carbons (Fsp3) is 1.00. The van der Waals surface area contributed by atoms with Crippen LogP contribution in [0.2, 0.25) is 0 Å². The molecule has 3 heterocycles. The molecule has 1 spiro atoms. The third-order valence-corrected chi connectivity index (χ3v) is 7.59. The zero-order chi connectivity index (χ0) is 18.6. The largest absolute Gasteiger partial charge is 0.301 e. The van der Waals surface area contributed by atoms with Gasteiger partial charge in [-0.05, 0) is 75.8 Å². The maximum atomic E-state index is 15.1. The van der Waals surface area contributed by atoms with Crippen molar-refractivity contribution in [2.24, 2.45) is 16.7 Å². The van der Waals surface area contributed by atoms with Gasteiger partial charge in [0.25, 0.3) is 0 Å². The molecular formula is C22H40FN3. The van der Waals surface area contributed by atoms with E-state index in [0.29, 0.717) is 36.5 Å². The van der Waals surface area contributed by atoms with Crippen LogP contribution in [-0.2, 0) is 0 Å². The van der Waals surface area contributed by atoms with Crippen LogP contribution in [0.3, 0.4) is 0 Å². The molecule has 4 aliphatic rings. The van der Waals surface area contributed by atoms with E-state index in [1.807, 2.05) is 0 Å². The highest BCUT2D eigenvalue weighted by Crippen LogP contribution is 2.52. The quantitative estimate of drug-likeness (QED) is 0.682. The van der Waals surface area contributed by atoms with E-state index in [1.165, 1.54) is 45.2 Å². The van der Waals surface area contributed by atoms with E-state index in [2.05, 4.69) is 42.4 Å². The van der Waals surface area contributed by atoms with Gasteiger partial charge in [-0.2, -0.15) is 0 Å². The maximum absolute atomic E-state index is 15.1. The van der Waals surface area contributed by atoms with Crippen LogP contribution in [0.4, 0.5) is 4.39 Å². The molecule has 4 rings (SSSR count). The summed E-state index contributed by atoms with van der Waals surface area (Å²) in [5, 5.41) is 0. The molecule has 1 aliphatic carbocycles. The molecule has 4 heteroatoms. The third kappa shape index (κ3) is 3.98. The van der Waals surface area contributed by atoms with Crippen molar-refractivity contribution in [3.05, 3.63) is 0 Å². The Morgan fingerprint density at radius 3 is 1.88 bits per heavy atom. The number of rotatable bonds is 7. The molecule has 0 N–H and O–H groups in total. The van der Waals surface area contributed by atoms with Crippen LogP contribution in [-0.4, -0.2) is 78.8 Å². The van der Waals surface area contributed by atoms with Crippen molar-refractivity contribution >= 4 is 0 Å². The van der Waals surface area contributed by atoms with Crippen molar-refractivity contribution in [3.8, 4) is 0 Å². The normalized spacial score (nSPS) is 30.6. The second-order valence-corrected chi connectivity index (χ2v) is 11.2. The molecule has 0 aromatic rings. The predicted molar refractivity (Wildman–Crippen MR) is 106 cm³/mol. The molecule has 0 bridgehead atoms. The Balaban J connectivity index is 1.17. The van der Waals surface area contributed by atoms with E-state index < -0.39 is 5.67 Å². The average Bonchev–Trinajstić information content (AvgIpc) is 3.23. The number of halogens is 1. The van der Waals surface area contributed by atoms with Crippen LogP contribution in [0.15, 0.2) is 0 Å². The summed E-state index contributed by atoms with van der Waals surface area (Å²) in [4.78, 5) is 7.40. The van der Waals surface area contributed by atoms with Crippen LogP contribution in [0, 0.1) is 16.7 Å². The number of hydrogen-bond donors (Lipinski definition) is 0. The van der Waals surface area contributed by atoms with Crippen molar-refractivity contribution in [1.82, 2.24) is 14.7 Å². The van der Waals surface area contributed by atoms with Crippen LogP contribution in [0.5, 0.6) is 0 Å². The van der Waals surface area contributed by atoms with E-state index in [-0.39, 0.29) is 0 Å². The molecule has 150 valence electrons. The van der Waals surface area contributed by atoms with Gasteiger partial charge in [0.05, 0.1) is 0 Å². The number of piperidine rings is 1. The second-order valence-electron chi connectivity index (χ2n) is 11.2. The standard InChI is InChI=1S/C22H40FN3/c1-18(2)11-20(5-6-20)12-25-16-22(23,17-25)15-24-13-21(14-24)7-9-26(10-8-21)19(3)4/h18-19H,5-17H2,1-4H3. The van der Waals surface area contributed by atoms with Crippen molar-refractivity contribution in [2.45, 2.75) is 71.5 Å². The van der Waals surface area contributed by atoms with Crippen molar-refractivity contribution < 1.29 is 4.39 Å². The van der Waals surface area contributed by atoms with Crippen LogP contribution < -0.4 is 0 Å². The van der Waals surface area contributed by atoms with Gasteiger partial charge in [-0.15, -0.1) is 0 Å². The number of nitrogens with zero attached hydrogens (tertiary/aromatic N) is 3. The molecule has 3 saturated heterocycles. The van der Waals surface area contributed by atoms with Crippen LogP contribution >= 0.6 is 0 Å². The molecule has 0 radical (unpaired) electrons. The summed E-state index contributed by atoms with van der Waals surface area (Å²) >= 11 is 0. The minimum Gasteiger partial charge on any atom is -0.301 e. The lowest BCUT2D eigenvalue weighted by Gasteiger charge is -2.57. The molecule has 0 aromatic heterocycles. The lowest BCUT2D eigenvalue weighted by molar-refractivity contribution is -0.114. The molecule has 3 nitrogen and oxygen atoms in total. The van der Waals surface area contributed by atoms with Gasteiger partial charge in [-0.3, -0.25) is 9.80 Å². The van der Waals surface area contributed by atoms with Crippen molar-refractivity contribution in [3.63, 3.8) is 0 Å². The summed E-state index contributed by atoms with van der Waals surface area (Å²) in [6, 6.07) is 0.670. The van der Waals surface area contributed by atoms with Gasteiger partial charge in [0.15, 0.2) is 0 Å². The number of alkyl halides is 1. The Morgan fingerprint density at radius 2 is 1.38 bits per heavy atom.